The van der Waals surface area contributed by atoms with Gasteiger partial charge >= 0.3 is 0 Å². The third-order valence-corrected chi connectivity index (χ3v) is 6.36. The van der Waals surface area contributed by atoms with Crippen LogP contribution in [0.25, 0.3) is 10.2 Å². The Morgan fingerprint density at radius 3 is 2.77 bits per heavy atom. The number of thiophene rings is 1. The molecule has 0 bridgehead atoms. The number of likely N-dealkylation sites (N-methyl/N-ethyl adjacent to an activating group) is 1. The summed E-state index contributed by atoms with van der Waals surface area (Å²) >= 11 is 1.88. The molecule has 0 aromatic carbocycles. The minimum atomic E-state index is 0.801. The number of anilines is 1. The van der Waals surface area contributed by atoms with Crippen LogP contribution in [0.15, 0.2) is 12.2 Å². The van der Waals surface area contributed by atoms with Gasteiger partial charge in [-0.2, -0.15) is 0 Å². The fourth-order valence-electron chi connectivity index (χ4n) is 3.97. The summed E-state index contributed by atoms with van der Waals surface area (Å²) in [5.41, 5.74) is 2.65. The number of aryl methyl sites for hydroxylation is 2. The maximum atomic E-state index is 5.47. The molecule has 1 fully saturated rings. The van der Waals surface area contributed by atoms with Crippen molar-refractivity contribution in [3.05, 3.63) is 28.4 Å². The highest BCUT2D eigenvalue weighted by Crippen LogP contribution is 2.39. The third kappa shape index (κ3) is 3.63. The fourth-order valence-corrected chi connectivity index (χ4v) is 5.24. The van der Waals surface area contributed by atoms with Crippen LogP contribution in [0, 0.1) is 0 Å². The zero-order valence-corrected chi connectivity index (χ0v) is 16.7. The Labute approximate surface area is 159 Å². The molecule has 0 amide bonds. The van der Waals surface area contributed by atoms with E-state index in [1.165, 1.54) is 39.9 Å². The molecule has 0 saturated carbocycles. The summed E-state index contributed by atoms with van der Waals surface area (Å²) in [5.74, 6) is 2.02. The lowest BCUT2D eigenvalue weighted by atomic mass is 9.97. The van der Waals surface area contributed by atoms with E-state index < -0.39 is 0 Å². The van der Waals surface area contributed by atoms with Gasteiger partial charge in [0.1, 0.15) is 16.5 Å². The second kappa shape index (κ2) is 7.62. The number of fused-ring (bicyclic) bond motifs is 3. The first-order chi connectivity index (χ1) is 12.6. The second-order valence-corrected chi connectivity index (χ2v) is 8.64. The van der Waals surface area contributed by atoms with Crippen LogP contribution in [-0.4, -0.2) is 54.8 Å². The zero-order chi connectivity index (χ0) is 18.1. The first-order valence-electron chi connectivity index (χ1n) is 9.58. The molecule has 2 aromatic rings. The smallest absolute Gasteiger partial charge is 0.146 e. The van der Waals surface area contributed by atoms with Crippen LogP contribution in [0.3, 0.4) is 0 Å². The van der Waals surface area contributed by atoms with Crippen LogP contribution < -0.4 is 4.90 Å². The summed E-state index contributed by atoms with van der Waals surface area (Å²) in [6, 6.07) is 0. The van der Waals surface area contributed by atoms with Crippen molar-refractivity contribution < 1.29 is 4.74 Å². The normalized spacial score (nSPS) is 18.1. The molecule has 1 aliphatic heterocycles. The summed E-state index contributed by atoms with van der Waals surface area (Å²) in [5, 5.41) is 1.29. The summed E-state index contributed by atoms with van der Waals surface area (Å²) < 4.78 is 5.47. The average molecular weight is 373 g/mol. The van der Waals surface area contributed by atoms with E-state index in [4.69, 9.17) is 14.7 Å². The fraction of sp³-hybridized carbons (Fsp3) is 0.600. The van der Waals surface area contributed by atoms with Gasteiger partial charge in [-0.15, -0.1) is 11.3 Å². The van der Waals surface area contributed by atoms with Crippen molar-refractivity contribution in [2.75, 3.05) is 44.8 Å². The van der Waals surface area contributed by atoms with Crippen molar-refractivity contribution in [2.45, 2.75) is 39.2 Å². The highest BCUT2D eigenvalue weighted by molar-refractivity contribution is 7.19. The van der Waals surface area contributed by atoms with E-state index in [0.717, 1.165) is 63.0 Å². The molecule has 26 heavy (non-hydrogen) atoms. The predicted octanol–water partition coefficient (Wildman–Crippen LogP) is 3.41. The van der Waals surface area contributed by atoms with E-state index in [9.17, 15) is 0 Å². The Kier molecular flexibility index (Phi) is 5.25. The van der Waals surface area contributed by atoms with E-state index in [2.05, 4.69) is 30.4 Å². The molecule has 6 heteroatoms. The molecule has 2 aromatic heterocycles. The molecule has 1 aliphatic carbocycles. The Bertz CT molecular complexity index is 810. The molecule has 0 radical (unpaired) electrons. The Balaban J connectivity index is 1.75. The van der Waals surface area contributed by atoms with Gasteiger partial charge in [0.2, 0.25) is 0 Å². The largest absolute Gasteiger partial charge is 0.379 e. The predicted molar refractivity (Wildman–Crippen MR) is 108 cm³/mol. The van der Waals surface area contributed by atoms with Crippen molar-refractivity contribution in [1.29, 1.82) is 0 Å². The van der Waals surface area contributed by atoms with Gasteiger partial charge in [0, 0.05) is 31.6 Å². The molecule has 4 rings (SSSR count). The van der Waals surface area contributed by atoms with Crippen molar-refractivity contribution in [3.63, 3.8) is 0 Å². The monoisotopic (exact) mass is 372 g/mol. The number of hydrogen-bond donors (Lipinski definition) is 0. The molecule has 0 atom stereocenters. The highest BCUT2D eigenvalue weighted by Gasteiger charge is 2.23. The van der Waals surface area contributed by atoms with Gasteiger partial charge in [-0.1, -0.05) is 12.2 Å². The molecule has 5 nitrogen and oxygen atoms in total. The van der Waals surface area contributed by atoms with E-state index in [1.54, 1.807) is 0 Å². The third-order valence-electron chi connectivity index (χ3n) is 5.18. The van der Waals surface area contributed by atoms with E-state index in [1.807, 2.05) is 11.3 Å². The van der Waals surface area contributed by atoms with Gasteiger partial charge in [0.25, 0.3) is 0 Å². The van der Waals surface area contributed by atoms with Crippen LogP contribution in [-0.2, 0) is 24.1 Å². The Hall–Kier alpha value is -1.50. The van der Waals surface area contributed by atoms with Crippen LogP contribution >= 0.6 is 11.3 Å². The van der Waals surface area contributed by atoms with Gasteiger partial charge in [-0.3, -0.25) is 4.90 Å². The van der Waals surface area contributed by atoms with Gasteiger partial charge in [-0.05, 0) is 38.2 Å². The van der Waals surface area contributed by atoms with Crippen molar-refractivity contribution in [3.8, 4) is 0 Å². The molecule has 1 saturated heterocycles. The standard InChI is InChI=1S/C20H28N4OS/c1-14(2)12-23(3)19-18-15-6-4-5-7-16(15)26-20(18)22-17(21-19)13-24-8-10-25-11-9-24/h1,4-13H2,2-3H3. The number of rotatable bonds is 5. The van der Waals surface area contributed by atoms with Crippen LogP contribution in [0.1, 0.15) is 36.0 Å². The van der Waals surface area contributed by atoms with Gasteiger partial charge in [-0.25, -0.2) is 9.97 Å². The lowest BCUT2D eigenvalue weighted by molar-refractivity contribution is 0.0331. The zero-order valence-electron chi connectivity index (χ0n) is 15.9. The van der Waals surface area contributed by atoms with Gasteiger partial charge < -0.3 is 9.64 Å². The second-order valence-electron chi connectivity index (χ2n) is 7.56. The Morgan fingerprint density at radius 1 is 1.23 bits per heavy atom. The quantitative estimate of drug-likeness (QED) is 0.753. The SMILES string of the molecule is C=C(C)CN(C)c1nc(CN2CCOCC2)nc2sc3c(c12)CCCC3. The number of nitrogens with zero attached hydrogens (tertiary/aromatic N) is 4. The molecule has 0 unspecified atom stereocenters. The molecule has 0 spiro atoms. The average Bonchev–Trinajstić information content (AvgIpc) is 2.99. The highest BCUT2D eigenvalue weighted by atomic mass is 32.1. The maximum absolute atomic E-state index is 5.47. The first-order valence-corrected chi connectivity index (χ1v) is 10.4. The van der Waals surface area contributed by atoms with Crippen molar-refractivity contribution >= 4 is 27.4 Å². The van der Waals surface area contributed by atoms with Crippen molar-refractivity contribution in [2.24, 2.45) is 0 Å². The van der Waals surface area contributed by atoms with Crippen LogP contribution in [0.5, 0.6) is 0 Å². The van der Waals surface area contributed by atoms with Crippen molar-refractivity contribution in [1.82, 2.24) is 14.9 Å². The lowest BCUT2D eigenvalue weighted by Gasteiger charge is -2.26. The molecule has 140 valence electrons. The Morgan fingerprint density at radius 2 is 2.00 bits per heavy atom. The topological polar surface area (TPSA) is 41.5 Å². The lowest BCUT2D eigenvalue weighted by Crippen LogP contribution is -2.36. The number of aromatic nitrogens is 2. The van der Waals surface area contributed by atoms with Crippen LogP contribution in [0.4, 0.5) is 5.82 Å². The van der Waals surface area contributed by atoms with Gasteiger partial charge in [0.05, 0.1) is 25.1 Å². The summed E-state index contributed by atoms with van der Waals surface area (Å²) in [6.45, 7) is 11.3. The maximum Gasteiger partial charge on any atom is 0.146 e. The summed E-state index contributed by atoms with van der Waals surface area (Å²) in [4.78, 5) is 17.3. The van der Waals surface area contributed by atoms with E-state index in [0.29, 0.717) is 0 Å². The molecular formula is C20H28N4OS. The summed E-state index contributed by atoms with van der Waals surface area (Å²) in [6.07, 6.45) is 4.93. The van der Waals surface area contributed by atoms with Crippen LogP contribution in [0.2, 0.25) is 0 Å². The van der Waals surface area contributed by atoms with Gasteiger partial charge in [0.15, 0.2) is 0 Å². The number of hydrogen-bond acceptors (Lipinski definition) is 6. The van der Waals surface area contributed by atoms with E-state index in [-0.39, 0.29) is 0 Å². The molecule has 0 N–H and O–H groups in total. The van der Waals surface area contributed by atoms with E-state index >= 15 is 0 Å². The summed E-state index contributed by atoms with van der Waals surface area (Å²) in [7, 11) is 2.13. The minimum absolute atomic E-state index is 0.801. The first kappa shape index (κ1) is 17.9. The number of morpholine rings is 1. The minimum Gasteiger partial charge on any atom is -0.379 e. The molecule has 3 heterocycles. The molecular weight excluding hydrogens is 344 g/mol. The number of ether oxygens (including phenoxy) is 1. The molecule has 2 aliphatic rings.